The summed E-state index contributed by atoms with van der Waals surface area (Å²) in [6.07, 6.45) is 3.88. The average molecular weight is 142 g/mol. The lowest BCUT2D eigenvalue weighted by atomic mass is 10.4. The van der Waals surface area contributed by atoms with Crippen LogP contribution in [0, 0.1) is 13.8 Å². The number of aryl methyl sites for hydroxylation is 1. The molecule has 1 aromatic rings. The molecule has 0 aliphatic carbocycles. The summed E-state index contributed by atoms with van der Waals surface area (Å²) in [7, 11) is 0. The highest BCUT2D eigenvalue weighted by atomic mass is 32.2. The molecule has 0 N–H and O–H groups in total. The number of nitrogens with zero attached hydrogens (tertiary/aromatic N) is 2. The number of imidazole rings is 1. The minimum absolute atomic E-state index is 1.12. The van der Waals surface area contributed by atoms with E-state index in [0.717, 1.165) is 5.69 Å². The molecule has 3 heteroatoms. The number of rotatable bonds is 1. The van der Waals surface area contributed by atoms with Gasteiger partial charge in [-0.25, -0.2) is 4.98 Å². The second-order valence-corrected chi connectivity index (χ2v) is 2.68. The summed E-state index contributed by atoms with van der Waals surface area (Å²) < 4.78 is 2.05. The molecule has 0 bridgehead atoms. The smallest absolute Gasteiger partial charge is 0.105 e. The van der Waals surface area contributed by atoms with Crippen LogP contribution in [-0.4, -0.2) is 15.2 Å². The van der Waals surface area contributed by atoms with Gasteiger partial charge in [-0.05, 0) is 25.8 Å². The highest BCUT2D eigenvalue weighted by Crippen LogP contribution is 2.09. The molecule has 0 atom stereocenters. The fourth-order valence-corrected chi connectivity index (χ4v) is 1.21. The third-order valence-corrected chi connectivity index (χ3v) is 2.17. The van der Waals surface area contributed by atoms with E-state index in [0.29, 0.717) is 0 Å². The van der Waals surface area contributed by atoms with Gasteiger partial charge in [-0.2, -0.15) is 0 Å². The van der Waals surface area contributed by atoms with Crippen LogP contribution in [0.3, 0.4) is 0 Å². The maximum atomic E-state index is 4.13. The van der Waals surface area contributed by atoms with Crippen LogP contribution in [-0.2, 0) is 0 Å². The molecule has 1 rings (SSSR count). The Balaban J connectivity index is 3.04. The third-order valence-electron chi connectivity index (χ3n) is 1.41. The predicted molar refractivity (Wildman–Crippen MR) is 40.6 cm³/mol. The Hall–Kier alpha value is -0.440. The van der Waals surface area contributed by atoms with E-state index in [1.165, 1.54) is 5.69 Å². The molecule has 0 aliphatic rings. The van der Waals surface area contributed by atoms with Crippen molar-refractivity contribution in [3.63, 3.8) is 0 Å². The van der Waals surface area contributed by atoms with Crippen molar-refractivity contribution in [2.45, 2.75) is 13.8 Å². The molecule has 0 amide bonds. The van der Waals surface area contributed by atoms with Gasteiger partial charge >= 0.3 is 0 Å². The van der Waals surface area contributed by atoms with Crippen LogP contribution in [0.2, 0.25) is 0 Å². The standard InChI is InChI=1S/C6H10N2S/c1-5-6(2)8(9-3)4-7-5/h4H,1-3H3. The molecule has 0 fully saturated rings. The van der Waals surface area contributed by atoms with E-state index in [1.54, 1.807) is 11.9 Å². The van der Waals surface area contributed by atoms with Crippen LogP contribution in [0.1, 0.15) is 11.4 Å². The van der Waals surface area contributed by atoms with Gasteiger partial charge in [-0.3, -0.25) is 3.97 Å². The van der Waals surface area contributed by atoms with Gasteiger partial charge in [0.15, 0.2) is 0 Å². The van der Waals surface area contributed by atoms with Gasteiger partial charge < -0.3 is 0 Å². The summed E-state index contributed by atoms with van der Waals surface area (Å²) in [5, 5.41) is 0. The van der Waals surface area contributed by atoms with Crippen LogP contribution < -0.4 is 0 Å². The van der Waals surface area contributed by atoms with Crippen molar-refractivity contribution in [2.24, 2.45) is 0 Å². The second kappa shape index (κ2) is 2.43. The Bertz CT molecular complexity index is 205. The van der Waals surface area contributed by atoms with Gasteiger partial charge in [0.2, 0.25) is 0 Å². The summed E-state index contributed by atoms with van der Waals surface area (Å²) in [6, 6.07) is 0. The van der Waals surface area contributed by atoms with E-state index in [2.05, 4.69) is 15.9 Å². The number of hydrogen-bond donors (Lipinski definition) is 0. The maximum absolute atomic E-state index is 4.13. The molecule has 0 saturated carbocycles. The van der Waals surface area contributed by atoms with E-state index >= 15 is 0 Å². The summed E-state index contributed by atoms with van der Waals surface area (Å²) >= 11 is 1.67. The van der Waals surface area contributed by atoms with Crippen molar-refractivity contribution < 1.29 is 0 Å². The van der Waals surface area contributed by atoms with E-state index in [9.17, 15) is 0 Å². The van der Waals surface area contributed by atoms with Crippen LogP contribution in [0.25, 0.3) is 0 Å². The Labute approximate surface area is 59.4 Å². The topological polar surface area (TPSA) is 17.8 Å². The molecule has 1 aromatic heterocycles. The average Bonchev–Trinajstić information content (AvgIpc) is 2.15. The van der Waals surface area contributed by atoms with E-state index in [4.69, 9.17) is 0 Å². The molecule has 0 unspecified atom stereocenters. The first-order valence-electron chi connectivity index (χ1n) is 2.80. The van der Waals surface area contributed by atoms with Crippen LogP contribution >= 0.6 is 11.9 Å². The zero-order valence-electron chi connectivity index (χ0n) is 5.88. The summed E-state index contributed by atoms with van der Waals surface area (Å²) in [6.45, 7) is 4.08. The highest BCUT2D eigenvalue weighted by molar-refractivity contribution is 7.97. The first-order chi connectivity index (χ1) is 4.25. The fraction of sp³-hybridized carbons (Fsp3) is 0.500. The van der Waals surface area contributed by atoms with Crippen molar-refractivity contribution in [3.05, 3.63) is 17.7 Å². The van der Waals surface area contributed by atoms with Crippen molar-refractivity contribution in [2.75, 3.05) is 6.26 Å². The predicted octanol–water partition coefficient (Wildman–Crippen LogP) is 1.63. The normalized spacial score (nSPS) is 10.1. The second-order valence-electron chi connectivity index (χ2n) is 1.92. The summed E-state index contributed by atoms with van der Waals surface area (Å²) in [5.74, 6) is 0. The molecular formula is C6H10N2S. The van der Waals surface area contributed by atoms with Gasteiger partial charge in [0.25, 0.3) is 0 Å². The molecule has 0 aromatic carbocycles. The van der Waals surface area contributed by atoms with Crippen LogP contribution in [0.5, 0.6) is 0 Å². The van der Waals surface area contributed by atoms with Gasteiger partial charge in [0.1, 0.15) is 6.33 Å². The van der Waals surface area contributed by atoms with Gasteiger partial charge in [-0.1, -0.05) is 0 Å². The minimum atomic E-state index is 1.12. The number of aromatic nitrogens is 2. The monoisotopic (exact) mass is 142 g/mol. The Morgan fingerprint density at radius 3 is 2.44 bits per heavy atom. The Kier molecular flexibility index (Phi) is 1.81. The zero-order valence-corrected chi connectivity index (χ0v) is 6.70. The lowest BCUT2D eigenvalue weighted by molar-refractivity contribution is 1.16. The van der Waals surface area contributed by atoms with Crippen molar-refractivity contribution in [1.82, 2.24) is 8.96 Å². The summed E-state index contributed by atoms with van der Waals surface area (Å²) in [4.78, 5) is 4.13. The fourth-order valence-electron chi connectivity index (χ4n) is 0.663. The van der Waals surface area contributed by atoms with E-state index in [-0.39, 0.29) is 0 Å². The van der Waals surface area contributed by atoms with Gasteiger partial charge in [-0.15, -0.1) is 0 Å². The van der Waals surface area contributed by atoms with E-state index in [1.807, 2.05) is 19.5 Å². The van der Waals surface area contributed by atoms with Crippen molar-refractivity contribution >= 4 is 11.9 Å². The molecule has 0 spiro atoms. The molecule has 9 heavy (non-hydrogen) atoms. The van der Waals surface area contributed by atoms with Crippen molar-refractivity contribution in [3.8, 4) is 0 Å². The molecular weight excluding hydrogens is 132 g/mol. The molecule has 0 radical (unpaired) electrons. The number of hydrogen-bond acceptors (Lipinski definition) is 2. The van der Waals surface area contributed by atoms with Crippen LogP contribution in [0.4, 0.5) is 0 Å². The van der Waals surface area contributed by atoms with E-state index < -0.39 is 0 Å². The zero-order chi connectivity index (χ0) is 6.85. The third kappa shape index (κ3) is 1.10. The van der Waals surface area contributed by atoms with Crippen molar-refractivity contribution in [1.29, 1.82) is 0 Å². The molecule has 0 aliphatic heterocycles. The lowest BCUT2D eigenvalue weighted by Crippen LogP contribution is -1.85. The summed E-state index contributed by atoms with van der Waals surface area (Å²) in [5.41, 5.74) is 2.35. The quantitative estimate of drug-likeness (QED) is 0.593. The molecule has 2 nitrogen and oxygen atoms in total. The van der Waals surface area contributed by atoms with Crippen LogP contribution in [0.15, 0.2) is 6.33 Å². The molecule has 0 saturated heterocycles. The largest absolute Gasteiger partial charge is 0.277 e. The SMILES string of the molecule is CSn1cnc(C)c1C. The lowest BCUT2D eigenvalue weighted by Gasteiger charge is -1.95. The Morgan fingerprint density at radius 2 is 2.22 bits per heavy atom. The Morgan fingerprint density at radius 1 is 1.56 bits per heavy atom. The first kappa shape index (κ1) is 6.68. The minimum Gasteiger partial charge on any atom is -0.277 e. The molecule has 50 valence electrons. The van der Waals surface area contributed by atoms with Gasteiger partial charge in [0, 0.05) is 11.9 Å². The van der Waals surface area contributed by atoms with Gasteiger partial charge in [0.05, 0.1) is 5.69 Å². The first-order valence-corrected chi connectivity index (χ1v) is 3.99. The molecule has 1 heterocycles. The maximum Gasteiger partial charge on any atom is 0.105 e. The highest BCUT2D eigenvalue weighted by Gasteiger charge is 1.97.